The Labute approximate surface area is 77.2 Å². The molecule has 0 saturated heterocycles. The van der Waals surface area contributed by atoms with Crippen LogP contribution in [0.15, 0.2) is 29.7 Å². The van der Waals surface area contributed by atoms with Crippen LogP contribution in [0.5, 0.6) is 0 Å². The van der Waals surface area contributed by atoms with E-state index in [1.165, 1.54) is 13.2 Å². The summed E-state index contributed by atoms with van der Waals surface area (Å²) in [4.78, 5) is 10.2. The van der Waals surface area contributed by atoms with E-state index in [0.717, 1.165) is 6.42 Å². The summed E-state index contributed by atoms with van der Waals surface area (Å²) in [5.74, 6) is -0.349. The number of rotatable bonds is 4. The van der Waals surface area contributed by atoms with Gasteiger partial charge in [-0.15, -0.1) is 0 Å². The second-order valence-corrected chi connectivity index (χ2v) is 2.69. The van der Waals surface area contributed by atoms with Gasteiger partial charge in [-0.2, -0.15) is 0 Å². The van der Waals surface area contributed by atoms with E-state index in [1.807, 2.05) is 0 Å². The van der Waals surface area contributed by atoms with Crippen LogP contribution in [0, 0.1) is 0 Å². The van der Waals surface area contributed by atoms with Crippen molar-refractivity contribution in [2.45, 2.75) is 19.8 Å². The average Bonchev–Trinajstić information content (AvgIpc) is 1.95. The minimum Gasteiger partial charge on any atom is -0.426 e. The maximum Gasteiger partial charge on any atom is 0.308 e. The lowest BCUT2D eigenvalue weighted by molar-refractivity contribution is -0.135. The van der Waals surface area contributed by atoms with E-state index in [0.29, 0.717) is 11.5 Å². The molecule has 0 spiro atoms. The molecule has 0 rings (SSSR count). The van der Waals surface area contributed by atoms with E-state index in [9.17, 15) is 4.79 Å². The highest BCUT2D eigenvalue weighted by atomic mass is 35.5. The maximum absolute atomic E-state index is 10.2. The van der Waals surface area contributed by atoms with E-state index < -0.39 is 0 Å². The van der Waals surface area contributed by atoms with Gasteiger partial charge in [0.05, 0.1) is 0 Å². The second kappa shape index (κ2) is 6.71. The lowest BCUT2D eigenvalue weighted by Crippen LogP contribution is -1.88. The molecule has 12 heavy (non-hydrogen) atoms. The SMILES string of the molecule is C=C(Cl)CCC=C=COC(C)=O. The maximum atomic E-state index is 10.2. The largest absolute Gasteiger partial charge is 0.426 e. The van der Waals surface area contributed by atoms with Gasteiger partial charge < -0.3 is 4.74 Å². The molecule has 0 unspecified atom stereocenters. The van der Waals surface area contributed by atoms with Gasteiger partial charge in [0.25, 0.3) is 0 Å². The van der Waals surface area contributed by atoms with E-state index in [1.54, 1.807) is 6.08 Å². The molecular weight excluding hydrogens is 176 g/mol. The van der Waals surface area contributed by atoms with Gasteiger partial charge in [0, 0.05) is 12.0 Å². The van der Waals surface area contributed by atoms with Crippen LogP contribution < -0.4 is 0 Å². The third kappa shape index (κ3) is 9.02. The van der Waals surface area contributed by atoms with Crippen molar-refractivity contribution in [3.8, 4) is 0 Å². The van der Waals surface area contributed by atoms with Gasteiger partial charge in [-0.25, -0.2) is 0 Å². The van der Waals surface area contributed by atoms with Crippen molar-refractivity contribution in [2.75, 3.05) is 0 Å². The summed E-state index contributed by atoms with van der Waals surface area (Å²) in [5, 5.41) is 0.612. The van der Waals surface area contributed by atoms with Crippen molar-refractivity contribution in [1.29, 1.82) is 0 Å². The standard InChI is InChI=1S/C9H11ClO2/c1-8(10)6-4-3-5-7-12-9(2)11/h3,7H,1,4,6H2,2H3. The van der Waals surface area contributed by atoms with Crippen molar-refractivity contribution in [3.63, 3.8) is 0 Å². The summed E-state index contributed by atoms with van der Waals surface area (Å²) in [6.07, 6.45) is 4.42. The number of halogens is 1. The predicted molar refractivity (Wildman–Crippen MR) is 48.6 cm³/mol. The van der Waals surface area contributed by atoms with Gasteiger partial charge in [0.2, 0.25) is 0 Å². The topological polar surface area (TPSA) is 26.3 Å². The van der Waals surface area contributed by atoms with Gasteiger partial charge >= 0.3 is 5.97 Å². The van der Waals surface area contributed by atoms with Crippen LogP contribution in [0.3, 0.4) is 0 Å². The quantitative estimate of drug-likeness (QED) is 0.383. The van der Waals surface area contributed by atoms with Crippen LogP contribution in [0.2, 0.25) is 0 Å². The molecule has 0 fully saturated rings. The highest BCUT2D eigenvalue weighted by molar-refractivity contribution is 6.29. The molecule has 0 bridgehead atoms. The third-order valence-electron chi connectivity index (χ3n) is 0.971. The Morgan fingerprint density at radius 3 is 2.92 bits per heavy atom. The Bertz CT molecular complexity index is 225. The molecule has 66 valence electrons. The van der Waals surface area contributed by atoms with E-state index >= 15 is 0 Å². The summed E-state index contributed by atoms with van der Waals surface area (Å²) in [5.41, 5.74) is 2.68. The average molecular weight is 187 g/mol. The highest BCUT2D eigenvalue weighted by Crippen LogP contribution is 2.05. The first-order valence-corrected chi connectivity index (χ1v) is 3.90. The fourth-order valence-corrected chi connectivity index (χ4v) is 0.586. The number of hydrogen-bond donors (Lipinski definition) is 0. The zero-order valence-corrected chi connectivity index (χ0v) is 7.73. The highest BCUT2D eigenvalue weighted by Gasteiger charge is 1.84. The van der Waals surface area contributed by atoms with Crippen LogP contribution in [0.25, 0.3) is 0 Å². The Hall–Kier alpha value is -0.980. The predicted octanol–water partition coefficient (Wildman–Crippen LogP) is 2.75. The van der Waals surface area contributed by atoms with E-state index in [2.05, 4.69) is 17.0 Å². The summed E-state index contributed by atoms with van der Waals surface area (Å²) < 4.78 is 4.49. The molecule has 0 radical (unpaired) electrons. The second-order valence-electron chi connectivity index (χ2n) is 2.15. The Morgan fingerprint density at radius 1 is 1.75 bits per heavy atom. The molecule has 0 aliphatic rings. The first kappa shape index (κ1) is 11.0. The summed E-state index contributed by atoms with van der Waals surface area (Å²) in [6.45, 7) is 4.86. The number of carbonyl (C=O) groups is 1. The minimum atomic E-state index is -0.349. The first-order chi connectivity index (χ1) is 5.63. The molecule has 0 aromatic heterocycles. The smallest absolute Gasteiger partial charge is 0.308 e. The molecule has 0 N–H and O–H groups in total. The van der Waals surface area contributed by atoms with Crippen molar-refractivity contribution in [1.82, 2.24) is 0 Å². The van der Waals surface area contributed by atoms with Crippen LogP contribution in [-0.2, 0) is 9.53 Å². The molecule has 0 aromatic rings. The fraction of sp³-hybridized carbons (Fsp3) is 0.333. The number of ether oxygens (including phenoxy) is 1. The number of allylic oxidation sites excluding steroid dienone is 2. The summed E-state index contributed by atoms with van der Waals surface area (Å²) >= 11 is 5.50. The lowest BCUT2D eigenvalue weighted by Gasteiger charge is -1.88. The minimum absolute atomic E-state index is 0.349. The van der Waals surface area contributed by atoms with Gasteiger partial charge in [-0.05, 0) is 18.9 Å². The molecule has 0 aromatic carbocycles. The molecule has 0 aliphatic heterocycles. The molecule has 0 saturated carbocycles. The first-order valence-electron chi connectivity index (χ1n) is 3.53. The van der Waals surface area contributed by atoms with Gasteiger partial charge in [-0.3, -0.25) is 4.79 Å². The van der Waals surface area contributed by atoms with Gasteiger partial charge in [0.1, 0.15) is 6.26 Å². The van der Waals surface area contributed by atoms with Crippen molar-refractivity contribution < 1.29 is 9.53 Å². The van der Waals surface area contributed by atoms with E-state index in [4.69, 9.17) is 11.6 Å². The van der Waals surface area contributed by atoms with Crippen LogP contribution in [0.1, 0.15) is 19.8 Å². The molecular formula is C9H11ClO2. The fourth-order valence-electron chi connectivity index (χ4n) is 0.477. The van der Waals surface area contributed by atoms with Gasteiger partial charge in [-0.1, -0.05) is 23.9 Å². The van der Waals surface area contributed by atoms with Gasteiger partial charge in [0.15, 0.2) is 0 Å². The van der Waals surface area contributed by atoms with Crippen LogP contribution in [-0.4, -0.2) is 5.97 Å². The van der Waals surface area contributed by atoms with Crippen molar-refractivity contribution in [2.24, 2.45) is 0 Å². The van der Waals surface area contributed by atoms with Crippen molar-refractivity contribution in [3.05, 3.63) is 29.7 Å². The number of hydrogen-bond acceptors (Lipinski definition) is 2. The lowest BCUT2D eigenvalue weighted by atomic mass is 10.3. The zero-order valence-electron chi connectivity index (χ0n) is 6.97. The molecule has 0 amide bonds. The normalized spacial score (nSPS) is 8.17. The third-order valence-corrected chi connectivity index (χ3v) is 1.16. The van der Waals surface area contributed by atoms with Crippen LogP contribution in [0.4, 0.5) is 0 Å². The number of esters is 1. The van der Waals surface area contributed by atoms with Crippen molar-refractivity contribution >= 4 is 17.6 Å². The molecule has 0 heterocycles. The molecule has 0 atom stereocenters. The Morgan fingerprint density at radius 2 is 2.42 bits per heavy atom. The van der Waals surface area contributed by atoms with E-state index in [-0.39, 0.29) is 5.97 Å². The molecule has 3 heteroatoms. The Kier molecular flexibility index (Phi) is 6.16. The zero-order chi connectivity index (χ0) is 9.40. The molecule has 2 nitrogen and oxygen atoms in total. The summed E-state index contributed by atoms with van der Waals surface area (Å²) in [7, 11) is 0. The monoisotopic (exact) mass is 186 g/mol. The van der Waals surface area contributed by atoms with Crippen LogP contribution >= 0.6 is 11.6 Å². The Balaban J connectivity index is 3.54. The summed E-state index contributed by atoms with van der Waals surface area (Å²) in [6, 6.07) is 0. The molecule has 0 aliphatic carbocycles. The number of carbonyl (C=O) groups excluding carboxylic acids is 1.